The molecule has 33 heavy (non-hydrogen) atoms. The van der Waals surface area contributed by atoms with Crippen molar-refractivity contribution in [2.24, 2.45) is 0 Å². The molecule has 3 N–H and O–H groups in total. The first-order chi connectivity index (χ1) is 15.8. The summed E-state index contributed by atoms with van der Waals surface area (Å²) in [6, 6.07) is 6.80. The van der Waals surface area contributed by atoms with Gasteiger partial charge < -0.3 is 15.7 Å². The number of aromatic nitrogens is 2. The lowest BCUT2D eigenvalue weighted by Gasteiger charge is -2.49. The van der Waals surface area contributed by atoms with Crippen molar-refractivity contribution in [1.82, 2.24) is 25.7 Å². The molecule has 0 spiro atoms. The first kappa shape index (κ1) is 23.3. The van der Waals surface area contributed by atoms with E-state index >= 15 is 0 Å². The minimum absolute atomic E-state index is 0.0463. The van der Waals surface area contributed by atoms with Crippen molar-refractivity contribution in [2.75, 3.05) is 5.75 Å². The molecule has 3 amide bonds. The number of fused-ring (bicyclic) bond motifs is 1. The normalized spacial score (nSPS) is 22.5. The monoisotopic (exact) mass is 505 g/mol. The average molecular weight is 506 g/mol. The van der Waals surface area contributed by atoms with Crippen LogP contribution < -0.4 is 10.6 Å². The van der Waals surface area contributed by atoms with E-state index in [2.05, 4.69) is 20.8 Å². The topological polar surface area (TPSA) is 142 Å². The molecule has 0 aliphatic carbocycles. The van der Waals surface area contributed by atoms with Gasteiger partial charge in [-0.25, -0.2) is 4.79 Å². The Bertz CT molecular complexity index is 1090. The first-order valence-electron chi connectivity index (χ1n) is 9.82. The zero-order valence-electron chi connectivity index (χ0n) is 17.2. The summed E-state index contributed by atoms with van der Waals surface area (Å²) in [6.45, 7) is 1.83. The van der Waals surface area contributed by atoms with Gasteiger partial charge in [0.05, 0.1) is 5.75 Å². The van der Waals surface area contributed by atoms with E-state index in [1.165, 1.54) is 45.8 Å². The van der Waals surface area contributed by atoms with Crippen LogP contribution >= 0.6 is 34.9 Å². The molecule has 1 aromatic heterocycles. The summed E-state index contributed by atoms with van der Waals surface area (Å²) in [6.07, 6.45) is 1.52. The molecule has 2 aliphatic heterocycles. The van der Waals surface area contributed by atoms with E-state index in [4.69, 9.17) is 0 Å². The zero-order valence-corrected chi connectivity index (χ0v) is 19.7. The number of carboxylic acid groups (broad SMARTS) is 1. The third kappa shape index (κ3) is 5.04. The second-order valence-electron chi connectivity index (χ2n) is 7.19. The fourth-order valence-corrected chi connectivity index (χ4v) is 6.09. The standard InChI is InChI=1S/C20H19N5O5S3/c1-10-7-12(19(29)30)25-17(28)15(18(25)33-10)23-16(27)14(11-5-3-2-4-6-11)22-13(26)8-31-20-24-21-9-32-20/h2-7,9-10,14-15,18H,8H2,1H3,(H,22,26)(H,23,27)(H,29,30)/t10?,14?,15?,18-/m1/s1. The van der Waals surface area contributed by atoms with E-state index < -0.39 is 35.2 Å². The number of benzene rings is 1. The van der Waals surface area contributed by atoms with Crippen LogP contribution in [0.3, 0.4) is 0 Å². The third-order valence-electron chi connectivity index (χ3n) is 4.93. The van der Waals surface area contributed by atoms with Gasteiger partial charge in [-0.3, -0.25) is 19.3 Å². The van der Waals surface area contributed by atoms with Gasteiger partial charge in [-0.2, -0.15) is 0 Å². The number of nitrogens with one attached hydrogen (secondary N) is 2. The molecule has 2 aliphatic rings. The maximum atomic E-state index is 13.2. The van der Waals surface area contributed by atoms with Gasteiger partial charge >= 0.3 is 5.97 Å². The Hall–Kier alpha value is -2.90. The molecule has 1 saturated heterocycles. The summed E-state index contributed by atoms with van der Waals surface area (Å²) in [5.74, 6) is -2.56. The summed E-state index contributed by atoms with van der Waals surface area (Å²) in [5.41, 5.74) is 2.04. The van der Waals surface area contributed by atoms with Crippen molar-refractivity contribution < 1.29 is 24.3 Å². The van der Waals surface area contributed by atoms with E-state index in [-0.39, 0.29) is 22.6 Å². The highest BCUT2D eigenvalue weighted by atomic mass is 32.2. The van der Waals surface area contributed by atoms with E-state index in [9.17, 15) is 24.3 Å². The SMILES string of the molecule is CC1C=C(C(=O)O)N2C(=O)C(NC(=O)C(NC(=O)CSc3nncs3)c3ccccc3)[C@H]2S1. The minimum Gasteiger partial charge on any atom is -0.477 e. The molecule has 0 bridgehead atoms. The molecular formula is C20H19N5O5S3. The molecule has 0 saturated carbocycles. The average Bonchev–Trinajstić information content (AvgIpc) is 3.33. The van der Waals surface area contributed by atoms with Crippen LogP contribution in [0.5, 0.6) is 0 Å². The molecule has 4 atom stereocenters. The molecule has 2 aromatic rings. The Balaban J connectivity index is 1.46. The van der Waals surface area contributed by atoms with Crippen molar-refractivity contribution in [2.45, 2.75) is 34.0 Å². The lowest BCUT2D eigenvalue weighted by molar-refractivity contribution is -0.151. The van der Waals surface area contributed by atoms with Crippen LogP contribution in [0.15, 0.2) is 52.0 Å². The quantitative estimate of drug-likeness (QED) is 0.357. The molecule has 4 rings (SSSR count). The zero-order chi connectivity index (χ0) is 23.5. The highest BCUT2D eigenvalue weighted by Gasteiger charge is 2.54. The number of hydrogen-bond donors (Lipinski definition) is 3. The molecule has 13 heteroatoms. The number of β-lactam (4-membered cyclic amide) rings is 1. The summed E-state index contributed by atoms with van der Waals surface area (Å²) >= 11 is 3.90. The predicted octanol–water partition coefficient (Wildman–Crippen LogP) is 1.24. The van der Waals surface area contributed by atoms with Gasteiger partial charge in [0.1, 0.15) is 28.7 Å². The van der Waals surface area contributed by atoms with Crippen molar-refractivity contribution >= 4 is 58.6 Å². The lowest BCUT2D eigenvalue weighted by Crippen LogP contribution is -2.71. The van der Waals surface area contributed by atoms with Crippen LogP contribution in [0.1, 0.15) is 18.5 Å². The van der Waals surface area contributed by atoms with Crippen molar-refractivity contribution in [3.05, 3.63) is 53.2 Å². The Morgan fingerprint density at radius 3 is 2.70 bits per heavy atom. The summed E-state index contributed by atoms with van der Waals surface area (Å²) in [7, 11) is 0. The minimum atomic E-state index is -1.19. The summed E-state index contributed by atoms with van der Waals surface area (Å²) in [4.78, 5) is 51.1. The summed E-state index contributed by atoms with van der Waals surface area (Å²) in [5, 5.41) is 21.8. The number of carbonyl (C=O) groups excluding carboxylic acids is 3. The molecule has 10 nitrogen and oxygen atoms in total. The van der Waals surface area contributed by atoms with Crippen molar-refractivity contribution in [3.8, 4) is 0 Å². The van der Waals surface area contributed by atoms with Crippen molar-refractivity contribution in [1.29, 1.82) is 0 Å². The number of rotatable bonds is 8. The van der Waals surface area contributed by atoms with Crippen molar-refractivity contribution in [3.63, 3.8) is 0 Å². The second kappa shape index (κ2) is 9.93. The van der Waals surface area contributed by atoms with Gasteiger partial charge in [-0.15, -0.1) is 22.0 Å². The van der Waals surface area contributed by atoms with E-state index in [1.54, 1.807) is 35.8 Å². The smallest absolute Gasteiger partial charge is 0.352 e. The molecule has 1 aromatic carbocycles. The Kier molecular flexibility index (Phi) is 7.00. The number of aliphatic carboxylic acids is 1. The Labute approximate surface area is 201 Å². The molecule has 172 valence electrons. The molecule has 3 unspecified atom stereocenters. The molecule has 0 radical (unpaired) electrons. The van der Waals surface area contributed by atoms with Crippen LogP contribution in [0.25, 0.3) is 0 Å². The van der Waals surface area contributed by atoms with Crippen LogP contribution in [0, 0.1) is 0 Å². The number of thioether (sulfide) groups is 2. The maximum absolute atomic E-state index is 13.2. The number of amides is 3. The summed E-state index contributed by atoms with van der Waals surface area (Å²) < 4.78 is 0.636. The number of hydrogen-bond acceptors (Lipinski definition) is 9. The van der Waals surface area contributed by atoms with Gasteiger partial charge in [0.2, 0.25) is 11.8 Å². The van der Waals surface area contributed by atoms with Crippen LogP contribution in [0.2, 0.25) is 0 Å². The third-order valence-corrected chi connectivity index (χ3v) is 8.12. The highest BCUT2D eigenvalue weighted by Crippen LogP contribution is 2.40. The number of carboxylic acids is 1. The van der Waals surface area contributed by atoms with E-state index in [0.29, 0.717) is 9.90 Å². The molecular weight excluding hydrogens is 486 g/mol. The fourth-order valence-electron chi connectivity index (χ4n) is 3.47. The first-order valence-corrected chi connectivity index (χ1v) is 12.6. The van der Waals surface area contributed by atoms with Gasteiger partial charge in [0, 0.05) is 5.25 Å². The van der Waals surface area contributed by atoms with Gasteiger partial charge in [0.25, 0.3) is 5.91 Å². The highest BCUT2D eigenvalue weighted by molar-refractivity contribution is 8.01. The lowest BCUT2D eigenvalue weighted by atomic mass is 10.0. The van der Waals surface area contributed by atoms with Gasteiger partial charge in [0.15, 0.2) is 4.34 Å². The van der Waals surface area contributed by atoms with E-state index in [0.717, 1.165) is 0 Å². The Morgan fingerprint density at radius 2 is 2.03 bits per heavy atom. The predicted molar refractivity (Wildman–Crippen MR) is 123 cm³/mol. The van der Waals surface area contributed by atoms with E-state index in [1.807, 2.05) is 6.92 Å². The number of nitrogens with zero attached hydrogens (tertiary/aromatic N) is 3. The van der Waals surface area contributed by atoms with Crippen LogP contribution in [0.4, 0.5) is 0 Å². The largest absolute Gasteiger partial charge is 0.477 e. The Morgan fingerprint density at radius 1 is 1.27 bits per heavy atom. The number of carbonyl (C=O) groups is 4. The van der Waals surface area contributed by atoms with Gasteiger partial charge in [-0.1, -0.05) is 53.4 Å². The van der Waals surface area contributed by atoms with Gasteiger partial charge in [-0.05, 0) is 18.6 Å². The van der Waals surface area contributed by atoms with Crippen LogP contribution in [-0.2, 0) is 19.2 Å². The fraction of sp³-hybridized carbons (Fsp3) is 0.300. The molecule has 3 heterocycles. The molecule has 1 fully saturated rings. The maximum Gasteiger partial charge on any atom is 0.352 e. The second-order valence-corrected chi connectivity index (χ2v) is 10.7. The van der Waals surface area contributed by atoms with Crippen LogP contribution in [-0.4, -0.2) is 66.3 Å².